The van der Waals surface area contributed by atoms with Crippen molar-refractivity contribution in [3.8, 4) is 0 Å². The van der Waals surface area contributed by atoms with Crippen LogP contribution in [0.5, 0.6) is 0 Å². The van der Waals surface area contributed by atoms with Crippen molar-refractivity contribution in [3.05, 3.63) is 23.4 Å². The number of hydrogen-bond acceptors (Lipinski definition) is 3. The molecule has 0 bridgehead atoms. The van der Waals surface area contributed by atoms with Crippen molar-refractivity contribution in [2.75, 3.05) is 18.5 Å². The summed E-state index contributed by atoms with van der Waals surface area (Å²) in [6, 6.07) is 2.14. The third-order valence-corrected chi connectivity index (χ3v) is 2.49. The van der Waals surface area contributed by atoms with Crippen molar-refractivity contribution in [1.29, 1.82) is 0 Å². The highest BCUT2D eigenvalue weighted by atomic mass is 15.1. The molecule has 0 amide bonds. The molecule has 0 aromatic carbocycles. The molecule has 0 fully saturated rings. The molecular weight excluding hydrogens is 174 g/mol. The number of anilines is 1. The van der Waals surface area contributed by atoms with Crippen LogP contribution in [0.3, 0.4) is 0 Å². The Hall–Kier alpha value is -1.09. The Balaban J connectivity index is 3.00. The van der Waals surface area contributed by atoms with E-state index in [4.69, 9.17) is 5.73 Å². The lowest BCUT2D eigenvalue weighted by Gasteiger charge is -2.18. The van der Waals surface area contributed by atoms with Crippen molar-refractivity contribution >= 4 is 5.82 Å². The predicted molar refractivity (Wildman–Crippen MR) is 60.5 cm³/mol. The highest BCUT2D eigenvalue weighted by Crippen LogP contribution is 2.18. The lowest BCUT2D eigenvalue weighted by molar-refractivity contribution is 0.799. The Morgan fingerprint density at radius 3 is 2.64 bits per heavy atom. The fourth-order valence-corrected chi connectivity index (χ4v) is 1.40. The molecule has 1 rings (SSSR count). The number of hydrogen-bond donors (Lipinski definition) is 1. The molecule has 0 spiro atoms. The average Bonchev–Trinajstić information content (AvgIpc) is 2.15. The molecule has 0 unspecified atom stereocenters. The molecule has 0 aliphatic carbocycles. The molecular formula is C11H19N3. The molecule has 0 saturated heterocycles. The molecule has 0 saturated carbocycles. The molecule has 2 N–H and O–H groups in total. The Kier molecular flexibility index (Phi) is 3.47. The van der Waals surface area contributed by atoms with Crippen LogP contribution in [0, 0.1) is 6.92 Å². The molecule has 3 heteroatoms. The van der Waals surface area contributed by atoms with Crippen molar-refractivity contribution in [2.24, 2.45) is 5.73 Å². The maximum atomic E-state index is 5.82. The summed E-state index contributed by atoms with van der Waals surface area (Å²) in [4.78, 5) is 6.49. The van der Waals surface area contributed by atoms with E-state index in [0.29, 0.717) is 0 Å². The third kappa shape index (κ3) is 2.23. The Bertz CT molecular complexity index is 307. The van der Waals surface area contributed by atoms with E-state index >= 15 is 0 Å². The third-order valence-electron chi connectivity index (χ3n) is 2.49. The monoisotopic (exact) mass is 193 g/mol. The molecule has 1 aromatic heterocycles. The van der Waals surface area contributed by atoms with Crippen LogP contribution in [0.4, 0.5) is 5.82 Å². The fourth-order valence-electron chi connectivity index (χ4n) is 1.40. The van der Waals surface area contributed by atoms with Gasteiger partial charge in [0, 0.05) is 25.8 Å². The van der Waals surface area contributed by atoms with Crippen molar-refractivity contribution in [1.82, 2.24) is 4.98 Å². The van der Waals surface area contributed by atoms with Crippen LogP contribution in [-0.4, -0.2) is 18.6 Å². The topological polar surface area (TPSA) is 42.1 Å². The molecule has 3 nitrogen and oxygen atoms in total. The van der Waals surface area contributed by atoms with Crippen LogP contribution in [0.1, 0.15) is 31.0 Å². The van der Waals surface area contributed by atoms with Gasteiger partial charge in [-0.25, -0.2) is 4.98 Å². The minimum absolute atomic E-state index is 0.0588. The maximum Gasteiger partial charge on any atom is 0.128 e. The molecule has 1 heterocycles. The highest BCUT2D eigenvalue weighted by molar-refractivity contribution is 5.43. The second-order valence-corrected chi connectivity index (χ2v) is 3.70. The maximum absolute atomic E-state index is 5.82. The second kappa shape index (κ2) is 4.42. The van der Waals surface area contributed by atoms with Crippen LogP contribution >= 0.6 is 0 Å². The standard InChI is InChI=1S/C11H19N3/c1-5-14(4)11-6-8(2)10(7-13-11)9(3)12/h6-7,9H,5,12H2,1-4H3/t9-/m1/s1. The van der Waals surface area contributed by atoms with Gasteiger partial charge in [0.05, 0.1) is 0 Å². The second-order valence-electron chi connectivity index (χ2n) is 3.70. The highest BCUT2D eigenvalue weighted by Gasteiger charge is 2.06. The van der Waals surface area contributed by atoms with E-state index in [2.05, 4.69) is 29.8 Å². The van der Waals surface area contributed by atoms with E-state index in [9.17, 15) is 0 Å². The molecule has 78 valence electrons. The van der Waals surface area contributed by atoms with E-state index in [1.54, 1.807) is 0 Å². The number of pyridine rings is 1. The quantitative estimate of drug-likeness (QED) is 0.796. The van der Waals surface area contributed by atoms with Gasteiger partial charge < -0.3 is 10.6 Å². The van der Waals surface area contributed by atoms with Gasteiger partial charge in [-0.3, -0.25) is 0 Å². The zero-order valence-corrected chi connectivity index (χ0v) is 9.41. The summed E-state index contributed by atoms with van der Waals surface area (Å²) in [6.45, 7) is 7.13. The lowest BCUT2D eigenvalue weighted by Crippen LogP contribution is -2.18. The van der Waals surface area contributed by atoms with Crippen molar-refractivity contribution in [3.63, 3.8) is 0 Å². The number of aromatic nitrogens is 1. The normalized spacial score (nSPS) is 12.6. The average molecular weight is 193 g/mol. The summed E-state index contributed by atoms with van der Waals surface area (Å²) in [5.74, 6) is 1.01. The lowest BCUT2D eigenvalue weighted by atomic mass is 10.1. The van der Waals surface area contributed by atoms with E-state index in [-0.39, 0.29) is 6.04 Å². The summed E-state index contributed by atoms with van der Waals surface area (Å²) in [5, 5.41) is 0. The summed E-state index contributed by atoms with van der Waals surface area (Å²) in [6.07, 6.45) is 1.88. The fraction of sp³-hybridized carbons (Fsp3) is 0.545. The first-order chi connectivity index (χ1) is 6.56. The van der Waals surface area contributed by atoms with Crippen LogP contribution in [0.25, 0.3) is 0 Å². The van der Waals surface area contributed by atoms with E-state index < -0.39 is 0 Å². The molecule has 0 aliphatic rings. The first kappa shape index (κ1) is 11.0. The zero-order chi connectivity index (χ0) is 10.7. The van der Waals surface area contributed by atoms with Crippen LogP contribution in [0.2, 0.25) is 0 Å². The summed E-state index contributed by atoms with van der Waals surface area (Å²) in [7, 11) is 2.04. The number of aryl methyl sites for hydroxylation is 1. The van der Waals surface area contributed by atoms with Crippen LogP contribution in [-0.2, 0) is 0 Å². The molecule has 0 radical (unpaired) electrons. The van der Waals surface area contributed by atoms with Gasteiger partial charge >= 0.3 is 0 Å². The largest absolute Gasteiger partial charge is 0.360 e. The molecule has 14 heavy (non-hydrogen) atoms. The van der Waals surface area contributed by atoms with E-state index in [1.165, 1.54) is 5.56 Å². The number of nitrogens with zero attached hydrogens (tertiary/aromatic N) is 2. The summed E-state index contributed by atoms with van der Waals surface area (Å²) < 4.78 is 0. The number of nitrogens with two attached hydrogens (primary N) is 1. The molecule has 0 aliphatic heterocycles. The Labute approximate surface area is 85.9 Å². The minimum atomic E-state index is 0.0588. The van der Waals surface area contributed by atoms with Crippen LogP contribution < -0.4 is 10.6 Å². The smallest absolute Gasteiger partial charge is 0.128 e. The van der Waals surface area contributed by atoms with E-state index in [1.807, 2.05) is 20.2 Å². The number of rotatable bonds is 3. The SMILES string of the molecule is CCN(C)c1cc(C)c([C@@H](C)N)cn1. The minimum Gasteiger partial charge on any atom is -0.360 e. The molecule has 1 atom stereocenters. The van der Waals surface area contributed by atoms with E-state index in [0.717, 1.165) is 17.9 Å². The van der Waals surface area contributed by atoms with Gasteiger partial charge in [-0.1, -0.05) is 0 Å². The van der Waals surface area contributed by atoms with Crippen molar-refractivity contribution in [2.45, 2.75) is 26.8 Å². The first-order valence-electron chi connectivity index (χ1n) is 4.99. The predicted octanol–water partition coefficient (Wildman–Crippen LogP) is 1.87. The summed E-state index contributed by atoms with van der Waals surface area (Å²) in [5.41, 5.74) is 8.16. The Morgan fingerprint density at radius 1 is 1.57 bits per heavy atom. The van der Waals surface area contributed by atoms with Gasteiger partial charge in [0.15, 0.2) is 0 Å². The van der Waals surface area contributed by atoms with Crippen molar-refractivity contribution < 1.29 is 0 Å². The van der Waals surface area contributed by atoms with Gasteiger partial charge in [-0.2, -0.15) is 0 Å². The Morgan fingerprint density at radius 2 is 2.21 bits per heavy atom. The van der Waals surface area contributed by atoms with Gasteiger partial charge in [0.1, 0.15) is 5.82 Å². The first-order valence-corrected chi connectivity index (χ1v) is 4.99. The molecule has 1 aromatic rings. The van der Waals surface area contributed by atoms with Gasteiger partial charge in [-0.15, -0.1) is 0 Å². The zero-order valence-electron chi connectivity index (χ0n) is 9.41. The van der Waals surface area contributed by atoms with Crippen LogP contribution in [0.15, 0.2) is 12.3 Å². The van der Waals surface area contributed by atoms with Gasteiger partial charge in [0.25, 0.3) is 0 Å². The summed E-state index contributed by atoms with van der Waals surface area (Å²) >= 11 is 0. The van der Waals surface area contributed by atoms with Gasteiger partial charge in [-0.05, 0) is 38.0 Å². The van der Waals surface area contributed by atoms with Gasteiger partial charge in [0.2, 0.25) is 0 Å².